The second-order valence-electron chi connectivity index (χ2n) is 4.27. The molecule has 0 radical (unpaired) electrons. The van der Waals surface area contributed by atoms with Gasteiger partial charge in [0.05, 0.1) is 21.3 Å². The van der Waals surface area contributed by atoms with Crippen LogP contribution in [0.15, 0.2) is 34.8 Å². The maximum Gasteiger partial charge on any atom is 0.257 e. The number of hydrogen-bond donors (Lipinski definition) is 2. The monoisotopic (exact) mass is 372 g/mol. The molecule has 20 heavy (non-hydrogen) atoms. The summed E-state index contributed by atoms with van der Waals surface area (Å²) in [5.74, 6) is -0.327. The number of nitrogen functional groups attached to an aromatic ring is 1. The van der Waals surface area contributed by atoms with Crippen molar-refractivity contribution in [2.45, 2.75) is 6.92 Å². The Morgan fingerprint density at radius 2 is 1.90 bits per heavy atom. The van der Waals surface area contributed by atoms with Gasteiger partial charge in [-0.25, -0.2) is 0 Å². The van der Waals surface area contributed by atoms with Crippen LogP contribution in [0.4, 0.5) is 11.4 Å². The minimum Gasteiger partial charge on any atom is -0.398 e. The molecule has 3 N–H and O–H groups in total. The van der Waals surface area contributed by atoms with Gasteiger partial charge >= 0.3 is 0 Å². The third kappa shape index (κ3) is 3.08. The van der Waals surface area contributed by atoms with E-state index in [2.05, 4.69) is 21.2 Å². The molecule has 0 fully saturated rings. The van der Waals surface area contributed by atoms with E-state index in [4.69, 9.17) is 28.9 Å². The van der Waals surface area contributed by atoms with Crippen LogP contribution in [0.2, 0.25) is 10.0 Å². The standard InChI is InChI=1S/C14H11BrCl2N2O/c1-7-2-4-10(18)8(6-7)14(20)19-11-5-3-9(15)12(16)13(11)17/h2-6H,18H2,1H3,(H,19,20). The van der Waals surface area contributed by atoms with Crippen LogP contribution >= 0.6 is 39.1 Å². The number of nitrogens with one attached hydrogen (secondary N) is 1. The number of halogens is 3. The van der Waals surface area contributed by atoms with Gasteiger partial charge in [-0.2, -0.15) is 0 Å². The van der Waals surface area contributed by atoms with Crippen molar-refractivity contribution in [2.75, 3.05) is 11.1 Å². The Labute approximate surface area is 135 Å². The Hall–Kier alpha value is -1.23. The van der Waals surface area contributed by atoms with Crippen molar-refractivity contribution in [2.24, 2.45) is 0 Å². The van der Waals surface area contributed by atoms with E-state index in [1.165, 1.54) is 0 Å². The number of carbonyl (C=O) groups is 1. The first-order valence-corrected chi connectivity index (χ1v) is 7.26. The fraction of sp³-hybridized carbons (Fsp3) is 0.0714. The highest BCUT2D eigenvalue weighted by Gasteiger charge is 2.14. The number of amides is 1. The van der Waals surface area contributed by atoms with E-state index in [9.17, 15) is 4.79 Å². The van der Waals surface area contributed by atoms with Crippen LogP contribution < -0.4 is 11.1 Å². The Kier molecular flexibility index (Phi) is 4.58. The maximum absolute atomic E-state index is 12.2. The van der Waals surface area contributed by atoms with Crippen LogP contribution in [0, 0.1) is 6.92 Å². The number of hydrogen-bond acceptors (Lipinski definition) is 2. The molecule has 0 aliphatic heterocycles. The van der Waals surface area contributed by atoms with Gasteiger partial charge in [0.1, 0.15) is 0 Å². The third-order valence-corrected chi connectivity index (χ3v) is 4.51. The third-order valence-electron chi connectivity index (χ3n) is 2.74. The summed E-state index contributed by atoms with van der Waals surface area (Å²) in [6.07, 6.45) is 0. The quantitative estimate of drug-likeness (QED) is 0.581. The molecule has 0 saturated carbocycles. The minimum absolute atomic E-state index is 0.278. The molecule has 0 aliphatic carbocycles. The van der Waals surface area contributed by atoms with E-state index in [-0.39, 0.29) is 10.9 Å². The molecule has 0 aliphatic rings. The highest BCUT2D eigenvalue weighted by atomic mass is 79.9. The molecule has 0 bridgehead atoms. The summed E-state index contributed by atoms with van der Waals surface area (Å²) in [5, 5.41) is 3.33. The first-order valence-electron chi connectivity index (χ1n) is 5.71. The van der Waals surface area contributed by atoms with Gasteiger partial charge in [-0.15, -0.1) is 0 Å². The number of benzene rings is 2. The topological polar surface area (TPSA) is 55.1 Å². The molecule has 0 spiro atoms. The van der Waals surface area contributed by atoms with Crippen molar-refractivity contribution in [1.29, 1.82) is 0 Å². The lowest BCUT2D eigenvalue weighted by Crippen LogP contribution is -2.14. The van der Waals surface area contributed by atoms with Crippen LogP contribution in [-0.2, 0) is 0 Å². The van der Waals surface area contributed by atoms with Gasteiger partial charge in [0.25, 0.3) is 5.91 Å². The lowest BCUT2D eigenvalue weighted by molar-refractivity contribution is 0.102. The van der Waals surface area contributed by atoms with Crippen molar-refractivity contribution in [1.82, 2.24) is 0 Å². The average molecular weight is 374 g/mol. The summed E-state index contributed by atoms with van der Waals surface area (Å²) in [6, 6.07) is 8.64. The highest BCUT2D eigenvalue weighted by molar-refractivity contribution is 9.10. The minimum atomic E-state index is -0.327. The molecule has 0 saturated heterocycles. The van der Waals surface area contributed by atoms with E-state index in [1.54, 1.807) is 24.3 Å². The van der Waals surface area contributed by atoms with Gasteiger partial charge in [0.15, 0.2) is 0 Å². The largest absolute Gasteiger partial charge is 0.398 e. The van der Waals surface area contributed by atoms with Gasteiger partial charge in [-0.05, 0) is 47.1 Å². The van der Waals surface area contributed by atoms with Gasteiger partial charge < -0.3 is 11.1 Å². The van der Waals surface area contributed by atoms with Gasteiger partial charge in [0, 0.05) is 10.2 Å². The predicted octanol–water partition coefficient (Wildman–Crippen LogP) is 4.90. The van der Waals surface area contributed by atoms with E-state index < -0.39 is 0 Å². The van der Waals surface area contributed by atoms with Crippen LogP contribution in [0.1, 0.15) is 15.9 Å². The number of rotatable bonds is 2. The zero-order chi connectivity index (χ0) is 14.9. The molecule has 2 aromatic carbocycles. The SMILES string of the molecule is Cc1ccc(N)c(C(=O)Nc2ccc(Br)c(Cl)c2Cl)c1. The lowest BCUT2D eigenvalue weighted by Gasteiger charge is -2.11. The van der Waals surface area contributed by atoms with Crippen LogP contribution in [0.5, 0.6) is 0 Å². The maximum atomic E-state index is 12.2. The van der Waals surface area contributed by atoms with Crippen LogP contribution in [0.3, 0.4) is 0 Å². The molecule has 1 amide bonds. The van der Waals surface area contributed by atoms with Gasteiger partial charge in [-0.1, -0.05) is 34.8 Å². The fourth-order valence-corrected chi connectivity index (χ4v) is 2.50. The Balaban J connectivity index is 2.33. The summed E-state index contributed by atoms with van der Waals surface area (Å²) in [7, 11) is 0. The molecule has 3 nitrogen and oxygen atoms in total. The van der Waals surface area contributed by atoms with Gasteiger partial charge in [0.2, 0.25) is 0 Å². The Morgan fingerprint density at radius 3 is 2.60 bits per heavy atom. The first kappa shape index (κ1) is 15.2. The summed E-state index contributed by atoms with van der Waals surface area (Å²) < 4.78 is 0.664. The van der Waals surface area contributed by atoms with Crippen molar-refractivity contribution in [3.63, 3.8) is 0 Å². The van der Waals surface area contributed by atoms with Crippen molar-refractivity contribution >= 4 is 56.4 Å². The summed E-state index contributed by atoms with van der Waals surface area (Å²) in [6.45, 7) is 1.89. The molecular weight excluding hydrogens is 363 g/mol. The van der Waals surface area contributed by atoms with E-state index in [0.717, 1.165) is 5.56 Å². The zero-order valence-electron chi connectivity index (χ0n) is 10.5. The summed E-state index contributed by atoms with van der Waals surface area (Å²) in [5.41, 5.74) is 8.01. The smallest absolute Gasteiger partial charge is 0.257 e. The van der Waals surface area contributed by atoms with Crippen molar-refractivity contribution < 1.29 is 4.79 Å². The second kappa shape index (κ2) is 6.04. The van der Waals surface area contributed by atoms with E-state index in [0.29, 0.717) is 26.4 Å². The molecule has 2 rings (SSSR count). The molecular formula is C14H11BrCl2N2O. The molecule has 0 unspecified atom stereocenters. The predicted molar refractivity (Wildman–Crippen MR) is 87.7 cm³/mol. The second-order valence-corrected chi connectivity index (χ2v) is 5.88. The zero-order valence-corrected chi connectivity index (χ0v) is 13.6. The van der Waals surface area contributed by atoms with Crippen LogP contribution in [-0.4, -0.2) is 5.91 Å². The van der Waals surface area contributed by atoms with Crippen molar-refractivity contribution in [3.05, 3.63) is 56.0 Å². The first-order chi connectivity index (χ1) is 9.40. The lowest BCUT2D eigenvalue weighted by atomic mass is 10.1. The molecule has 0 aromatic heterocycles. The van der Waals surface area contributed by atoms with E-state index in [1.807, 2.05) is 13.0 Å². The van der Waals surface area contributed by atoms with Crippen LogP contribution in [0.25, 0.3) is 0 Å². The number of aryl methyl sites for hydroxylation is 1. The summed E-state index contributed by atoms with van der Waals surface area (Å²) in [4.78, 5) is 12.2. The van der Waals surface area contributed by atoms with E-state index >= 15 is 0 Å². The average Bonchev–Trinajstić information content (AvgIpc) is 2.42. The summed E-state index contributed by atoms with van der Waals surface area (Å²) >= 11 is 15.4. The van der Waals surface area contributed by atoms with Gasteiger partial charge in [-0.3, -0.25) is 4.79 Å². The fourth-order valence-electron chi connectivity index (χ4n) is 1.68. The number of carbonyl (C=O) groups excluding carboxylic acids is 1. The Morgan fingerprint density at radius 1 is 1.20 bits per heavy atom. The molecule has 0 atom stereocenters. The molecule has 104 valence electrons. The number of nitrogens with two attached hydrogens (primary N) is 1. The molecule has 6 heteroatoms. The number of anilines is 2. The highest BCUT2D eigenvalue weighted by Crippen LogP contribution is 2.36. The van der Waals surface area contributed by atoms with Crippen molar-refractivity contribution in [3.8, 4) is 0 Å². The molecule has 2 aromatic rings. The Bertz CT molecular complexity index is 689. The normalized spacial score (nSPS) is 10.4. The molecule has 0 heterocycles.